The molecule has 1 aromatic carbocycles. The summed E-state index contributed by atoms with van der Waals surface area (Å²) in [5, 5.41) is 4.36. The molecule has 0 atom stereocenters. The van der Waals surface area contributed by atoms with E-state index in [0.717, 1.165) is 24.0 Å². The molecule has 0 fully saturated rings. The van der Waals surface area contributed by atoms with Crippen LogP contribution < -0.4 is 16.8 Å². The maximum atomic E-state index is 13.7. The van der Waals surface area contributed by atoms with Gasteiger partial charge in [0.05, 0.1) is 0 Å². The van der Waals surface area contributed by atoms with Gasteiger partial charge in [-0.1, -0.05) is 19.9 Å². The molecule has 0 unspecified atom stereocenters. The number of aromatic nitrogens is 2. The van der Waals surface area contributed by atoms with E-state index < -0.39 is 5.82 Å². The topological polar surface area (TPSA) is 81.9 Å². The summed E-state index contributed by atoms with van der Waals surface area (Å²) in [6, 6.07) is 7.30. The Hall–Kier alpha value is -3.02. The first-order chi connectivity index (χ1) is 11.9. The van der Waals surface area contributed by atoms with Gasteiger partial charge in [0.2, 0.25) is 0 Å². The van der Waals surface area contributed by atoms with Gasteiger partial charge in [-0.15, -0.1) is 0 Å². The van der Waals surface area contributed by atoms with E-state index in [1.54, 1.807) is 0 Å². The smallest absolute Gasteiger partial charge is 0.166 e. The second-order valence-corrected chi connectivity index (χ2v) is 6.15. The molecular weight excluding hydrogens is 317 g/mol. The van der Waals surface area contributed by atoms with Crippen molar-refractivity contribution < 1.29 is 4.39 Å². The van der Waals surface area contributed by atoms with Crippen molar-refractivity contribution in [3.63, 3.8) is 0 Å². The Morgan fingerprint density at radius 1 is 1.36 bits per heavy atom. The Balaban J connectivity index is 2.05. The van der Waals surface area contributed by atoms with Crippen LogP contribution in [0.2, 0.25) is 0 Å². The Morgan fingerprint density at radius 3 is 2.80 bits per heavy atom. The molecule has 0 spiro atoms. The lowest BCUT2D eigenvalue weighted by molar-refractivity contribution is 0.627. The lowest BCUT2D eigenvalue weighted by Crippen LogP contribution is -2.06. The molecule has 0 radical (unpaired) electrons. The van der Waals surface area contributed by atoms with Crippen LogP contribution in [0.25, 0.3) is 16.6 Å². The molecule has 2 aromatic heterocycles. The summed E-state index contributed by atoms with van der Waals surface area (Å²) in [5.41, 5.74) is 15.3. The van der Waals surface area contributed by atoms with Crippen LogP contribution in [0.15, 0.2) is 37.0 Å². The van der Waals surface area contributed by atoms with Crippen LogP contribution in [-0.2, 0) is 13.5 Å². The Bertz CT molecular complexity index is 958. The highest BCUT2D eigenvalue weighted by molar-refractivity contribution is 5.88. The summed E-state index contributed by atoms with van der Waals surface area (Å²) in [4.78, 5) is 4.08. The minimum absolute atomic E-state index is 0.181. The van der Waals surface area contributed by atoms with Crippen LogP contribution in [0.4, 0.5) is 21.7 Å². The van der Waals surface area contributed by atoms with Crippen LogP contribution >= 0.6 is 0 Å². The zero-order valence-corrected chi connectivity index (χ0v) is 14.4. The van der Waals surface area contributed by atoms with Crippen molar-refractivity contribution in [2.24, 2.45) is 12.8 Å². The second-order valence-electron chi connectivity index (χ2n) is 6.15. The molecule has 0 amide bonds. The van der Waals surface area contributed by atoms with Gasteiger partial charge < -0.3 is 21.4 Å². The van der Waals surface area contributed by atoms with Crippen LogP contribution in [0, 0.1) is 5.82 Å². The van der Waals surface area contributed by atoms with Gasteiger partial charge in [-0.2, -0.15) is 0 Å². The summed E-state index contributed by atoms with van der Waals surface area (Å²) in [7, 11) is 2.04. The number of hydrogen-bond acceptors (Lipinski definition) is 4. The first kappa shape index (κ1) is 16.8. The molecule has 0 aliphatic rings. The fraction of sp³-hybridized carbons (Fsp3) is 0.211. The molecule has 0 aliphatic carbocycles. The van der Waals surface area contributed by atoms with Crippen molar-refractivity contribution in [1.82, 2.24) is 9.55 Å². The van der Waals surface area contributed by atoms with E-state index in [4.69, 9.17) is 11.5 Å². The first-order valence-electron chi connectivity index (χ1n) is 8.16. The van der Waals surface area contributed by atoms with Gasteiger partial charge in [0.1, 0.15) is 5.82 Å². The van der Waals surface area contributed by atoms with Crippen LogP contribution in [0.5, 0.6) is 0 Å². The zero-order valence-electron chi connectivity index (χ0n) is 14.4. The highest BCUT2D eigenvalue weighted by Gasteiger charge is 2.13. The quantitative estimate of drug-likeness (QED) is 0.658. The normalized spacial score (nSPS) is 11.0. The van der Waals surface area contributed by atoms with E-state index in [-0.39, 0.29) is 11.5 Å². The van der Waals surface area contributed by atoms with Gasteiger partial charge in [0.15, 0.2) is 11.6 Å². The number of hydrogen-bond donors (Lipinski definition) is 3. The molecule has 3 rings (SSSR count). The molecule has 130 valence electrons. The number of benzene rings is 1. The van der Waals surface area contributed by atoms with Gasteiger partial charge in [-0.3, -0.25) is 0 Å². The number of anilines is 3. The first-order valence-corrected chi connectivity index (χ1v) is 8.16. The third-order valence-corrected chi connectivity index (χ3v) is 4.20. The lowest BCUT2D eigenvalue weighted by atomic mass is 10.1. The highest BCUT2D eigenvalue weighted by atomic mass is 19.1. The molecule has 5 nitrogen and oxygen atoms in total. The van der Waals surface area contributed by atoms with Gasteiger partial charge >= 0.3 is 0 Å². The number of nitrogen functional groups attached to an aromatic ring is 1. The SMILES string of the molecule is C=C(N)c1cc(F)c(N)nc1Nc1ccc2c(c1)c(CCC)cn2C. The number of rotatable bonds is 5. The molecule has 2 heterocycles. The van der Waals surface area contributed by atoms with Crippen LogP contribution in [0.1, 0.15) is 24.5 Å². The van der Waals surface area contributed by atoms with E-state index in [2.05, 4.69) is 40.6 Å². The summed E-state index contributed by atoms with van der Waals surface area (Å²) >= 11 is 0. The third-order valence-electron chi connectivity index (χ3n) is 4.20. The van der Waals surface area contributed by atoms with Crippen LogP contribution in [0.3, 0.4) is 0 Å². The molecule has 3 aromatic rings. The lowest BCUT2D eigenvalue weighted by Gasteiger charge is -2.13. The Morgan fingerprint density at radius 2 is 2.12 bits per heavy atom. The fourth-order valence-corrected chi connectivity index (χ4v) is 3.00. The summed E-state index contributed by atoms with van der Waals surface area (Å²) in [6.07, 6.45) is 4.23. The zero-order chi connectivity index (χ0) is 18.1. The van der Waals surface area contributed by atoms with Crippen molar-refractivity contribution in [1.29, 1.82) is 0 Å². The molecule has 0 saturated heterocycles. The molecule has 25 heavy (non-hydrogen) atoms. The van der Waals surface area contributed by atoms with E-state index in [0.29, 0.717) is 11.4 Å². The number of halogens is 1. The average molecular weight is 339 g/mol. The van der Waals surface area contributed by atoms with Crippen molar-refractivity contribution in [3.8, 4) is 0 Å². The van der Waals surface area contributed by atoms with E-state index in [1.165, 1.54) is 17.0 Å². The fourth-order valence-electron chi connectivity index (χ4n) is 3.00. The number of nitrogens with two attached hydrogens (primary N) is 2. The van der Waals surface area contributed by atoms with Gasteiger partial charge in [-0.05, 0) is 36.2 Å². The van der Waals surface area contributed by atoms with Crippen molar-refractivity contribution >= 4 is 33.9 Å². The number of nitrogens with zero attached hydrogens (tertiary/aromatic N) is 2. The summed E-state index contributed by atoms with van der Waals surface area (Å²) < 4.78 is 15.8. The number of pyridine rings is 1. The van der Waals surface area contributed by atoms with Gasteiger partial charge in [0, 0.05) is 41.1 Å². The van der Waals surface area contributed by atoms with Crippen molar-refractivity contribution in [2.75, 3.05) is 11.1 Å². The molecular formula is C19H22FN5. The number of nitrogens with one attached hydrogen (secondary N) is 1. The minimum atomic E-state index is -0.615. The van der Waals surface area contributed by atoms with Gasteiger partial charge in [0.25, 0.3) is 0 Å². The van der Waals surface area contributed by atoms with Gasteiger partial charge in [-0.25, -0.2) is 9.37 Å². The third kappa shape index (κ3) is 3.15. The predicted molar refractivity (Wildman–Crippen MR) is 102 cm³/mol. The monoisotopic (exact) mass is 339 g/mol. The summed E-state index contributed by atoms with van der Waals surface area (Å²) in [5.74, 6) is -0.408. The van der Waals surface area contributed by atoms with Crippen molar-refractivity contribution in [3.05, 3.63) is 54.0 Å². The van der Waals surface area contributed by atoms with Crippen LogP contribution in [-0.4, -0.2) is 9.55 Å². The second kappa shape index (κ2) is 6.47. The Labute approximate surface area is 146 Å². The van der Waals surface area contributed by atoms with E-state index >= 15 is 0 Å². The maximum absolute atomic E-state index is 13.7. The molecule has 6 heteroatoms. The number of fused-ring (bicyclic) bond motifs is 1. The predicted octanol–water partition coefficient (Wildman–Crippen LogP) is 3.92. The molecule has 5 N–H and O–H groups in total. The van der Waals surface area contributed by atoms with Crippen molar-refractivity contribution in [2.45, 2.75) is 19.8 Å². The largest absolute Gasteiger partial charge is 0.399 e. The molecule has 0 saturated carbocycles. The number of aryl methyl sites for hydroxylation is 2. The minimum Gasteiger partial charge on any atom is -0.399 e. The molecule has 0 aliphatic heterocycles. The molecule has 0 bridgehead atoms. The Kier molecular flexibility index (Phi) is 4.35. The summed E-state index contributed by atoms with van der Waals surface area (Å²) in [6.45, 7) is 5.84. The standard InChI is InChI=1S/C19H22FN5/c1-4-5-12-10-25(3)17-7-6-13(8-15(12)17)23-19-14(11(2)21)9-16(20)18(22)24-19/h6-10H,2,4-5,21H2,1,3H3,(H3,22,23,24). The maximum Gasteiger partial charge on any atom is 0.166 e. The van der Waals surface area contributed by atoms with E-state index in [9.17, 15) is 4.39 Å². The highest BCUT2D eigenvalue weighted by Crippen LogP contribution is 2.29. The van der Waals surface area contributed by atoms with E-state index in [1.807, 2.05) is 19.2 Å². The average Bonchev–Trinajstić information content (AvgIpc) is 2.86.